The zero-order chi connectivity index (χ0) is 16.3. The van der Waals surface area contributed by atoms with Crippen LogP contribution in [0.1, 0.15) is 43.4 Å². The van der Waals surface area contributed by atoms with E-state index in [4.69, 9.17) is 10.2 Å². The third-order valence-corrected chi connectivity index (χ3v) is 4.41. The minimum absolute atomic E-state index is 0.328. The molecule has 1 aromatic heterocycles. The monoisotopic (exact) mass is 318 g/mol. The van der Waals surface area contributed by atoms with Crippen molar-refractivity contribution in [3.8, 4) is 0 Å². The molecule has 0 fully saturated rings. The molecule has 0 radical (unpaired) electrons. The van der Waals surface area contributed by atoms with Crippen LogP contribution in [0.5, 0.6) is 0 Å². The van der Waals surface area contributed by atoms with Crippen molar-refractivity contribution in [3.63, 3.8) is 0 Å². The Morgan fingerprint density at radius 1 is 1.36 bits per heavy atom. The van der Waals surface area contributed by atoms with Crippen LogP contribution in [0.4, 0.5) is 0 Å². The second-order valence-corrected chi connectivity index (χ2v) is 6.55. The van der Waals surface area contributed by atoms with Gasteiger partial charge in [-0.25, -0.2) is 4.79 Å². The lowest BCUT2D eigenvalue weighted by atomic mass is 9.95. The van der Waals surface area contributed by atoms with Crippen molar-refractivity contribution < 1.29 is 4.42 Å². The van der Waals surface area contributed by atoms with Crippen LogP contribution in [0.25, 0.3) is 11.0 Å². The van der Waals surface area contributed by atoms with Crippen LogP contribution in [0, 0.1) is 6.92 Å². The molecular formula is C17H22N2O2S. The van der Waals surface area contributed by atoms with Gasteiger partial charge in [0.15, 0.2) is 5.17 Å². The first-order valence-corrected chi connectivity index (χ1v) is 8.41. The van der Waals surface area contributed by atoms with Crippen LogP contribution in [0.2, 0.25) is 0 Å². The second kappa shape index (κ2) is 7.01. The number of nitrogens with zero attached hydrogens (tertiary/aromatic N) is 1. The lowest BCUT2D eigenvalue weighted by molar-refractivity contribution is 0.559. The number of hydrogen-bond acceptors (Lipinski definition) is 4. The Bertz CT molecular complexity index is 763. The number of hydrogen-bond donors (Lipinski definition) is 1. The summed E-state index contributed by atoms with van der Waals surface area (Å²) >= 11 is 1.44. The van der Waals surface area contributed by atoms with Gasteiger partial charge < -0.3 is 10.2 Å². The van der Waals surface area contributed by atoms with E-state index in [1.54, 1.807) is 6.07 Å². The summed E-state index contributed by atoms with van der Waals surface area (Å²) < 4.78 is 5.35. The van der Waals surface area contributed by atoms with Crippen molar-refractivity contribution in [2.45, 2.75) is 39.4 Å². The fourth-order valence-electron chi connectivity index (χ4n) is 2.49. The lowest BCUT2D eigenvalue weighted by Crippen LogP contribution is -2.08. The van der Waals surface area contributed by atoms with Crippen molar-refractivity contribution in [2.75, 3.05) is 6.54 Å². The molecule has 0 aliphatic heterocycles. The third-order valence-electron chi connectivity index (χ3n) is 3.53. The molecule has 22 heavy (non-hydrogen) atoms. The van der Waals surface area contributed by atoms with E-state index in [-0.39, 0.29) is 5.63 Å². The zero-order valence-corrected chi connectivity index (χ0v) is 14.3. The Hall–Kier alpha value is -1.75. The van der Waals surface area contributed by atoms with Gasteiger partial charge in [-0.2, -0.15) is 0 Å². The molecule has 4 nitrogen and oxygen atoms in total. The lowest BCUT2D eigenvalue weighted by Gasteiger charge is -2.13. The van der Waals surface area contributed by atoms with Crippen molar-refractivity contribution in [2.24, 2.45) is 10.7 Å². The molecule has 0 saturated carbocycles. The highest BCUT2D eigenvalue weighted by Crippen LogP contribution is 2.28. The SMILES string of the molecule is CCN=C(N)SCc1cc(=O)oc2cc(C)c(C(C)C)cc12. The minimum atomic E-state index is -0.328. The van der Waals surface area contributed by atoms with E-state index < -0.39 is 0 Å². The van der Waals surface area contributed by atoms with Gasteiger partial charge in [-0.15, -0.1) is 0 Å². The predicted molar refractivity (Wildman–Crippen MR) is 94.8 cm³/mol. The topological polar surface area (TPSA) is 68.6 Å². The van der Waals surface area contributed by atoms with E-state index in [1.165, 1.54) is 17.3 Å². The smallest absolute Gasteiger partial charge is 0.336 e. The predicted octanol–water partition coefficient (Wildman–Crippen LogP) is 3.79. The van der Waals surface area contributed by atoms with Gasteiger partial charge in [0, 0.05) is 23.8 Å². The number of fused-ring (bicyclic) bond motifs is 1. The van der Waals surface area contributed by atoms with E-state index in [0.29, 0.717) is 29.0 Å². The summed E-state index contributed by atoms with van der Waals surface area (Å²) in [5, 5.41) is 1.52. The normalized spacial score (nSPS) is 12.3. The molecule has 0 atom stereocenters. The van der Waals surface area contributed by atoms with Crippen molar-refractivity contribution in [1.82, 2.24) is 0 Å². The van der Waals surface area contributed by atoms with Crippen LogP contribution in [0.3, 0.4) is 0 Å². The van der Waals surface area contributed by atoms with Gasteiger partial charge in [-0.05, 0) is 48.6 Å². The Balaban J connectivity index is 2.50. The number of aryl methyl sites for hydroxylation is 1. The van der Waals surface area contributed by atoms with Crippen LogP contribution >= 0.6 is 11.8 Å². The molecule has 118 valence electrons. The summed E-state index contributed by atoms with van der Waals surface area (Å²) in [6.45, 7) is 8.97. The van der Waals surface area contributed by atoms with Crippen molar-refractivity contribution in [1.29, 1.82) is 0 Å². The Morgan fingerprint density at radius 2 is 2.09 bits per heavy atom. The molecule has 0 amide bonds. The van der Waals surface area contributed by atoms with Crippen LogP contribution in [0.15, 0.2) is 32.4 Å². The zero-order valence-electron chi connectivity index (χ0n) is 13.5. The standard InChI is InChI=1S/C17H22N2O2S/c1-5-19-17(18)22-9-12-7-16(20)21-15-6-11(4)13(10(2)3)8-14(12)15/h6-8,10H,5,9H2,1-4H3,(H2,18,19). The highest BCUT2D eigenvalue weighted by atomic mass is 32.2. The Labute approximate surface area is 134 Å². The fraction of sp³-hybridized carbons (Fsp3) is 0.412. The summed E-state index contributed by atoms with van der Waals surface area (Å²) in [6, 6.07) is 5.62. The first-order valence-electron chi connectivity index (χ1n) is 7.42. The van der Waals surface area contributed by atoms with Crippen molar-refractivity contribution >= 4 is 27.9 Å². The van der Waals surface area contributed by atoms with Crippen LogP contribution in [-0.4, -0.2) is 11.7 Å². The molecule has 0 unspecified atom stereocenters. The van der Waals surface area contributed by atoms with E-state index in [0.717, 1.165) is 16.5 Å². The molecule has 0 aliphatic carbocycles. The molecule has 5 heteroatoms. The first-order chi connectivity index (χ1) is 10.4. The summed E-state index contributed by atoms with van der Waals surface area (Å²) in [4.78, 5) is 15.9. The average Bonchev–Trinajstić information content (AvgIpc) is 2.43. The number of thioether (sulfide) groups is 1. The highest BCUT2D eigenvalue weighted by molar-refractivity contribution is 8.13. The molecule has 1 aromatic carbocycles. The molecule has 2 aromatic rings. The van der Waals surface area contributed by atoms with Gasteiger partial charge in [-0.3, -0.25) is 4.99 Å². The summed E-state index contributed by atoms with van der Waals surface area (Å²) in [5.41, 5.74) is 9.48. The summed E-state index contributed by atoms with van der Waals surface area (Å²) in [6.07, 6.45) is 0. The van der Waals surface area contributed by atoms with Crippen LogP contribution in [-0.2, 0) is 5.75 Å². The van der Waals surface area contributed by atoms with Gasteiger partial charge in [0.2, 0.25) is 0 Å². The molecule has 0 saturated heterocycles. The molecule has 1 heterocycles. The molecular weight excluding hydrogens is 296 g/mol. The average molecular weight is 318 g/mol. The first kappa shape index (κ1) is 16.6. The summed E-state index contributed by atoms with van der Waals surface area (Å²) in [5.74, 6) is 1.03. The molecule has 0 aliphatic rings. The van der Waals surface area contributed by atoms with Crippen LogP contribution < -0.4 is 11.4 Å². The number of amidine groups is 1. The maximum atomic E-state index is 11.8. The third kappa shape index (κ3) is 3.71. The van der Waals surface area contributed by atoms with E-state index >= 15 is 0 Å². The van der Waals surface area contributed by atoms with Crippen molar-refractivity contribution in [3.05, 3.63) is 45.3 Å². The number of rotatable bonds is 4. The molecule has 2 rings (SSSR count). The largest absolute Gasteiger partial charge is 0.423 e. The summed E-state index contributed by atoms with van der Waals surface area (Å²) in [7, 11) is 0. The maximum absolute atomic E-state index is 11.8. The number of benzene rings is 1. The Kier molecular flexibility index (Phi) is 5.29. The second-order valence-electron chi connectivity index (χ2n) is 5.55. The molecule has 0 bridgehead atoms. The van der Waals surface area contributed by atoms with E-state index in [9.17, 15) is 4.79 Å². The van der Waals surface area contributed by atoms with Gasteiger partial charge in [0.1, 0.15) is 5.58 Å². The highest BCUT2D eigenvalue weighted by Gasteiger charge is 2.11. The van der Waals surface area contributed by atoms with Gasteiger partial charge in [0.25, 0.3) is 0 Å². The number of aliphatic imine (C=N–C) groups is 1. The fourth-order valence-corrected chi connectivity index (χ4v) is 3.25. The quantitative estimate of drug-likeness (QED) is 0.529. The van der Waals surface area contributed by atoms with Gasteiger partial charge in [0.05, 0.1) is 0 Å². The van der Waals surface area contributed by atoms with E-state index in [2.05, 4.69) is 24.9 Å². The number of nitrogens with two attached hydrogens (primary N) is 1. The van der Waals surface area contributed by atoms with Gasteiger partial charge in [-0.1, -0.05) is 25.6 Å². The maximum Gasteiger partial charge on any atom is 0.336 e. The Morgan fingerprint density at radius 3 is 2.73 bits per heavy atom. The minimum Gasteiger partial charge on any atom is -0.423 e. The molecule has 2 N–H and O–H groups in total. The van der Waals surface area contributed by atoms with Gasteiger partial charge >= 0.3 is 5.63 Å². The van der Waals surface area contributed by atoms with E-state index in [1.807, 2.05) is 19.9 Å². The molecule has 0 spiro atoms.